The van der Waals surface area contributed by atoms with E-state index >= 15 is 0 Å². The monoisotopic (exact) mass is 545 g/mol. The van der Waals surface area contributed by atoms with Crippen LogP contribution in [0.15, 0.2) is 0 Å². The average molecular weight is 546 g/mol. The molecule has 0 saturated heterocycles. The number of esters is 1. The minimum atomic E-state index is -1.19. The van der Waals surface area contributed by atoms with Crippen molar-refractivity contribution in [3.05, 3.63) is 0 Å². The van der Waals surface area contributed by atoms with E-state index in [1.54, 1.807) is 0 Å². The molecule has 3 amide bonds. The van der Waals surface area contributed by atoms with Crippen LogP contribution in [0, 0.1) is 0 Å². The zero-order valence-electron chi connectivity index (χ0n) is 23.3. The number of hydrogen-bond donors (Lipinski definition) is 4. The van der Waals surface area contributed by atoms with E-state index in [0.29, 0.717) is 18.7 Å². The number of carbonyl (C=O) groups excluding carboxylic acids is 4. The molecule has 0 bridgehead atoms. The fraction of sp³-hybridized carbons (Fsp3) is 0.852. The van der Waals surface area contributed by atoms with Gasteiger partial charge in [0.2, 0.25) is 17.7 Å². The first-order chi connectivity index (χ1) is 17.8. The van der Waals surface area contributed by atoms with Crippen LogP contribution in [0.5, 0.6) is 0 Å². The quantitative estimate of drug-likeness (QED) is 0.108. The Balaban J connectivity index is 3.86. The Bertz CT molecular complexity index is 635. The summed E-state index contributed by atoms with van der Waals surface area (Å²) in [5.74, 6) is -0.864. The van der Waals surface area contributed by atoms with Crippen LogP contribution >= 0.6 is 11.8 Å². The molecule has 0 rings (SSSR count). The van der Waals surface area contributed by atoms with Gasteiger partial charge in [0.25, 0.3) is 0 Å². The summed E-state index contributed by atoms with van der Waals surface area (Å²) < 4.78 is 4.53. The van der Waals surface area contributed by atoms with Crippen molar-refractivity contribution in [2.45, 2.75) is 116 Å². The first-order valence-corrected chi connectivity index (χ1v) is 15.1. The van der Waals surface area contributed by atoms with Gasteiger partial charge in [0.05, 0.1) is 13.7 Å². The number of rotatable bonds is 24. The van der Waals surface area contributed by atoms with Crippen LogP contribution in [-0.4, -0.2) is 72.6 Å². The molecule has 216 valence electrons. The van der Waals surface area contributed by atoms with E-state index in [4.69, 9.17) is 0 Å². The third-order valence-corrected chi connectivity index (χ3v) is 7.10. The Morgan fingerprint density at radius 2 is 1.35 bits per heavy atom. The summed E-state index contributed by atoms with van der Waals surface area (Å²) in [7, 11) is 1.16. The number of unbranched alkanes of at least 4 members (excludes halogenated alkanes) is 12. The molecule has 0 aliphatic rings. The summed E-state index contributed by atoms with van der Waals surface area (Å²) in [5.41, 5.74) is 0. The first kappa shape index (κ1) is 35.2. The van der Waals surface area contributed by atoms with E-state index in [-0.39, 0.29) is 17.6 Å². The first-order valence-electron chi connectivity index (χ1n) is 14.0. The summed E-state index contributed by atoms with van der Waals surface area (Å²) in [6, 6.07) is -2.06. The van der Waals surface area contributed by atoms with Crippen LogP contribution in [0.3, 0.4) is 0 Å². The maximum absolute atomic E-state index is 12.4. The number of aliphatic hydroxyl groups is 1. The van der Waals surface area contributed by atoms with E-state index < -0.39 is 30.6 Å². The summed E-state index contributed by atoms with van der Waals surface area (Å²) in [5, 5.41) is 17.1. The van der Waals surface area contributed by atoms with Crippen LogP contribution in [0.25, 0.3) is 0 Å². The largest absolute Gasteiger partial charge is 0.467 e. The van der Waals surface area contributed by atoms with Crippen LogP contribution < -0.4 is 16.0 Å². The van der Waals surface area contributed by atoms with Crippen molar-refractivity contribution in [1.29, 1.82) is 0 Å². The van der Waals surface area contributed by atoms with Gasteiger partial charge in [-0.25, -0.2) is 4.79 Å². The lowest BCUT2D eigenvalue weighted by Gasteiger charge is -2.20. The number of thioether (sulfide) groups is 1. The van der Waals surface area contributed by atoms with Gasteiger partial charge in [-0.2, -0.15) is 11.8 Å². The van der Waals surface area contributed by atoms with Gasteiger partial charge in [-0.05, 0) is 6.42 Å². The highest BCUT2D eigenvalue weighted by atomic mass is 32.2. The average Bonchev–Trinajstić information content (AvgIpc) is 2.88. The van der Waals surface area contributed by atoms with Crippen molar-refractivity contribution in [3.8, 4) is 0 Å². The molecular weight excluding hydrogens is 494 g/mol. The van der Waals surface area contributed by atoms with Crippen LogP contribution in [0.4, 0.5) is 0 Å². The summed E-state index contributed by atoms with van der Waals surface area (Å²) in [4.78, 5) is 47.5. The Labute approximate surface area is 228 Å². The number of carbonyl (C=O) groups is 4. The predicted molar refractivity (Wildman–Crippen MR) is 149 cm³/mol. The Morgan fingerprint density at radius 3 is 1.84 bits per heavy atom. The molecule has 9 nitrogen and oxygen atoms in total. The lowest BCUT2D eigenvalue weighted by Crippen LogP contribution is -2.53. The molecule has 0 radical (unpaired) electrons. The lowest BCUT2D eigenvalue weighted by atomic mass is 10.0. The third-order valence-electron chi connectivity index (χ3n) is 6.04. The van der Waals surface area contributed by atoms with Crippen molar-refractivity contribution in [2.24, 2.45) is 0 Å². The van der Waals surface area contributed by atoms with E-state index in [2.05, 4.69) is 27.6 Å². The number of methoxy groups -OCH3 is 1. The number of amides is 3. The molecule has 0 aromatic rings. The van der Waals surface area contributed by atoms with Crippen molar-refractivity contribution in [1.82, 2.24) is 16.0 Å². The molecule has 0 unspecified atom stereocenters. The van der Waals surface area contributed by atoms with Crippen LogP contribution in [0.1, 0.15) is 104 Å². The maximum Gasteiger partial charge on any atom is 0.330 e. The molecule has 0 aromatic carbocycles. The van der Waals surface area contributed by atoms with Gasteiger partial charge in [0.1, 0.15) is 6.04 Å². The second kappa shape index (κ2) is 24.5. The standard InChI is InChI=1S/C27H51N3O6S/c1-4-5-6-7-8-9-10-11-12-13-14-15-16-17-25(33)28-18-19-37-21-24(29-22(2)32)26(34)30-23(20-31)27(35)36-3/h23-24,31H,4-21H2,1-3H3,(H,28,33)(H,29,32)(H,30,34)/t23-,24-/m0/s1. The molecule has 2 atom stereocenters. The molecule has 0 fully saturated rings. The molecule has 0 saturated carbocycles. The fourth-order valence-electron chi connectivity index (χ4n) is 3.88. The summed E-state index contributed by atoms with van der Waals surface area (Å²) in [6.45, 7) is 3.41. The molecule has 0 spiro atoms. The Morgan fingerprint density at radius 1 is 0.811 bits per heavy atom. The van der Waals surface area contributed by atoms with Gasteiger partial charge >= 0.3 is 5.97 Å². The van der Waals surface area contributed by atoms with Crippen LogP contribution in [0.2, 0.25) is 0 Å². The summed E-state index contributed by atoms with van der Waals surface area (Å²) >= 11 is 1.40. The van der Waals surface area contributed by atoms with Crippen molar-refractivity contribution < 1.29 is 29.0 Å². The Hall–Kier alpha value is -1.81. The van der Waals surface area contributed by atoms with E-state index in [1.165, 1.54) is 89.3 Å². The number of ether oxygens (including phenoxy) is 1. The third kappa shape index (κ3) is 20.9. The summed E-state index contributed by atoms with van der Waals surface area (Å²) in [6.07, 6.45) is 17.1. The fourth-order valence-corrected chi connectivity index (χ4v) is 4.76. The minimum absolute atomic E-state index is 0.0312. The maximum atomic E-state index is 12.4. The smallest absolute Gasteiger partial charge is 0.330 e. The van der Waals surface area contributed by atoms with Gasteiger partial charge in [-0.15, -0.1) is 0 Å². The van der Waals surface area contributed by atoms with Crippen molar-refractivity contribution in [3.63, 3.8) is 0 Å². The van der Waals surface area contributed by atoms with E-state index in [1.807, 2.05) is 0 Å². The highest BCUT2D eigenvalue weighted by Gasteiger charge is 2.26. The SMILES string of the molecule is CCCCCCCCCCCCCCCC(=O)NCCSC[C@H](NC(C)=O)C(=O)N[C@@H](CO)C(=O)OC. The lowest BCUT2D eigenvalue weighted by molar-refractivity contribution is -0.146. The number of hydrogen-bond acceptors (Lipinski definition) is 7. The number of aliphatic hydroxyl groups excluding tert-OH is 1. The topological polar surface area (TPSA) is 134 Å². The molecule has 10 heteroatoms. The van der Waals surface area contributed by atoms with Gasteiger partial charge in [-0.3, -0.25) is 14.4 Å². The van der Waals surface area contributed by atoms with Crippen molar-refractivity contribution >= 4 is 35.5 Å². The minimum Gasteiger partial charge on any atom is -0.467 e. The highest BCUT2D eigenvalue weighted by molar-refractivity contribution is 7.99. The van der Waals surface area contributed by atoms with Gasteiger partial charge in [0.15, 0.2) is 6.04 Å². The molecule has 0 aromatic heterocycles. The van der Waals surface area contributed by atoms with Crippen LogP contribution in [-0.2, 0) is 23.9 Å². The molecule has 0 aliphatic heterocycles. The predicted octanol–water partition coefficient (Wildman–Crippen LogP) is 3.47. The van der Waals surface area contributed by atoms with E-state index in [0.717, 1.165) is 20.0 Å². The van der Waals surface area contributed by atoms with Crippen molar-refractivity contribution in [2.75, 3.05) is 31.8 Å². The van der Waals surface area contributed by atoms with Gasteiger partial charge in [0, 0.05) is 31.4 Å². The van der Waals surface area contributed by atoms with Gasteiger partial charge < -0.3 is 25.8 Å². The molecular formula is C27H51N3O6S. The zero-order valence-corrected chi connectivity index (χ0v) is 24.1. The molecule has 4 N–H and O–H groups in total. The normalized spacial score (nSPS) is 12.4. The molecule has 0 aliphatic carbocycles. The zero-order chi connectivity index (χ0) is 27.7. The molecule has 0 heterocycles. The number of nitrogens with one attached hydrogen (secondary N) is 3. The second-order valence-electron chi connectivity index (χ2n) is 9.44. The van der Waals surface area contributed by atoms with E-state index in [9.17, 15) is 24.3 Å². The highest BCUT2D eigenvalue weighted by Crippen LogP contribution is 2.13. The van der Waals surface area contributed by atoms with Gasteiger partial charge in [-0.1, -0.05) is 84.0 Å². The molecule has 37 heavy (non-hydrogen) atoms. The Kier molecular flexibility index (Phi) is 23.3. The second-order valence-corrected chi connectivity index (χ2v) is 10.6.